The number of hydrogen-bond acceptors (Lipinski definition) is 4. The third-order valence-electron chi connectivity index (χ3n) is 2.68. The van der Waals surface area contributed by atoms with Crippen molar-refractivity contribution in [1.82, 2.24) is 5.32 Å². The summed E-state index contributed by atoms with van der Waals surface area (Å²) >= 11 is 1.71. The molecule has 2 rings (SSSR count). The second-order valence-corrected chi connectivity index (χ2v) is 4.94. The summed E-state index contributed by atoms with van der Waals surface area (Å²) < 4.78 is 18.6. The maximum atomic E-state index is 13.7. The number of Topliss-reactive ketones (excluding diaryl/α,β-unsaturated/α-hetero) is 1. The van der Waals surface area contributed by atoms with Gasteiger partial charge in [-0.25, -0.2) is 4.39 Å². The zero-order valence-electron chi connectivity index (χ0n) is 9.53. The number of nitrogens with one attached hydrogen (secondary N) is 1. The van der Waals surface area contributed by atoms with E-state index in [4.69, 9.17) is 4.74 Å². The lowest BCUT2D eigenvalue weighted by molar-refractivity contribution is 0.0949. The van der Waals surface area contributed by atoms with Crippen molar-refractivity contribution in [2.75, 3.05) is 25.2 Å². The van der Waals surface area contributed by atoms with Crippen molar-refractivity contribution in [3.63, 3.8) is 0 Å². The predicted molar refractivity (Wildman–Crippen MR) is 66.4 cm³/mol. The quantitative estimate of drug-likeness (QED) is 0.835. The number of carbonyl (C=O) groups is 1. The molecule has 1 unspecified atom stereocenters. The first-order chi connectivity index (χ1) is 8.22. The van der Waals surface area contributed by atoms with Crippen molar-refractivity contribution in [2.45, 2.75) is 6.04 Å². The van der Waals surface area contributed by atoms with Crippen LogP contribution in [0.1, 0.15) is 10.4 Å². The molecule has 17 heavy (non-hydrogen) atoms. The van der Waals surface area contributed by atoms with Crippen LogP contribution in [0.5, 0.6) is 5.75 Å². The Morgan fingerprint density at radius 2 is 2.41 bits per heavy atom. The van der Waals surface area contributed by atoms with Gasteiger partial charge in [-0.3, -0.25) is 4.79 Å². The highest BCUT2D eigenvalue weighted by Crippen LogP contribution is 2.19. The van der Waals surface area contributed by atoms with E-state index in [0.29, 0.717) is 11.5 Å². The number of carbonyl (C=O) groups excluding carboxylic acids is 1. The fourth-order valence-corrected chi connectivity index (χ4v) is 2.68. The monoisotopic (exact) mass is 255 g/mol. The number of methoxy groups -OCH3 is 1. The molecule has 0 saturated carbocycles. The molecule has 0 aliphatic carbocycles. The third-order valence-corrected chi connectivity index (χ3v) is 3.74. The van der Waals surface area contributed by atoms with Crippen LogP contribution in [0, 0.1) is 5.82 Å². The molecule has 1 aliphatic rings. The van der Waals surface area contributed by atoms with Crippen LogP contribution in [-0.2, 0) is 0 Å². The van der Waals surface area contributed by atoms with Gasteiger partial charge < -0.3 is 10.1 Å². The van der Waals surface area contributed by atoms with Gasteiger partial charge >= 0.3 is 0 Å². The highest BCUT2D eigenvalue weighted by molar-refractivity contribution is 7.99. The van der Waals surface area contributed by atoms with E-state index >= 15 is 0 Å². The molecule has 1 atom stereocenters. The molecular weight excluding hydrogens is 241 g/mol. The van der Waals surface area contributed by atoms with Crippen LogP contribution in [-0.4, -0.2) is 37.0 Å². The summed E-state index contributed by atoms with van der Waals surface area (Å²) in [6, 6.07) is 4.05. The van der Waals surface area contributed by atoms with Crippen LogP contribution in [0.4, 0.5) is 4.39 Å². The van der Waals surface area contributed by atoms with Crippen molar-refractivity contribution in [2.24, 2.45) is 0 Å². The Bertz CT molecular complexity index is 419. The lowest BCUT2D eigenvalue weighted by Gasteiger charge is -2.22. The highest BCUT2D eigenvalue weighted by atomic mass is 32.2. The summed E-state index contributed by atoms with van der Waals surface area (Å²) in [7, 11) is 1.47. The van der Waals surface area contributed by atoms with Crippen LogP contribution >= 0.6 is 11.8 Å². The van der Waals surface area contributed by atoms with Crippen LogP contribution in [0.15, 0.2) is 18.2 Å². The SMILES string of the molecule is COc1ccc(C(=O)C2CSCCN2)c(F)c1. The first-order valence-corrected chi connectivity index (χ1v) is 6.56. The largest absolute Gasteiger partial charge is 0.497 e. The molecule has 1 heterocycles. The number of rotatable bonds is 3. The standard InChI is InChI=1S/C12H14FNO2S/c1-16-8-2-3-9(10(13)6-8)12(15)11-7-17-5-4-14-11/h2-3,6,11,14H,4-5,7H2,1H3. The molecule has 0 radical (unpaired) electrons. The van der Waals surface area contributed by atoms with Gasteiger partial charge in [-0.15, -0.1) is 0 Å². The Kier molecular flexibility index (Phi) is 4.02. The number of thioether (sulfide) groups is 1. The van der Waals surface area contributed by atoms with Gasteiger partial charge in [0, 0.05) is 24.1 Å². The molecule has 5 heteroatoms. The molecule has 1 fully saturated rings. The molecule has 1 aromatic carbocycles. The number of ether oxygens (including phenoxy) is 1. The van der Waals surface area contributed by atoms with Gasteiger partial charge in [0.25, 0.3) is 0 Å². The van der Waals surface area contributed by atoms with E-state index in [1.165, 1.54) is 19.2 Å². The average Bonchev–Trinajstić information content (AvgIpc) is 2.39. The highest BCUT2D eigenvalue weighted by Gasteiger charge is 2.24. The molecule has 1 aliphatic heterocycles. The summed E-state index contributed by atoms with van der Waals surface area (Å²) in [4.78, 5) is 12.1. The van der Waals surface area contributed by atoms with E-state index in [1.807, 2.05) is 0 Å². The first kappa shape index (κ1) is 12.4. The van der Waals surface area contributed by atoms with Gasteiger partial charge in [0.1, 0.15) is 11.6 Å². The molecule has 1 N–H and O–H groups in total. The minimum Gasteiger partial charge on any atom is -0.497 e. The Hall–Kier alpha value is -1.07. The number of hydrogen-bond donors (Lipinski definition) is 1. The molecule has 92 valence electrons. The minimum absolute atomic E-state index is 0.130. The molecule has 3 nitrogen and oxygen atoms in total. The van der Waals surface area contributed by atoms with Gasteiger partial charge in [-0.1, -0.05) is 0 Å². The molecule has 0 spiro atoms. The lowest BCUT2D eigenvalue weighted by Crippen LogP contribution is -2.43. The molecule has 0 bridgehead atoms. The predicted octanol–water partition coefficient (Wildman–Crippen LogP) is 1.72. The van der Waals surface area contributed by atoms with Gasteiger partial charge in [-0.2, -0.15) is 11.8 Å². The summed E-state index contributed by atoms with van der Waals surface area (Å²) in [5, 5.41) is 3.10. The van der Waals surface area contributed by atoms with Crippen LogP contribution < -0.4 is 10.1 Å². The number of ketones is 1. The number of benzene rings is 1. The Morgan fingerprint density at radius 1 is 1.59 bits per heavy atom. The minimum atomic E-state index is -0.522. The summed E-state index contributed by atoms with van der Waals surface area (Å²) in [6.07, 6.45) is 0. The van der Waals surface area contributed by atoms with Crippen LogP contribution in [0.2, 0.25) is 0 Å². The maximum Gasteiger partial charge on any atom is 0.183 e. The topological polar surface area (TPSA) is 38.3 Å². The molecular formula is C12H14FNO2S. The van der Waals surface area contributed by atoms with E-state index in [-0.39, 0.29) is 17.4 Å². The van der Waals surface area contributed by atoms with Gasteiger partial charge in [0.15, 0.2) is 5.78 Å². The van der Waals surface area contributed by atoms with Crippen molar-refractivity contribution >= 4 is 17.5 Å². The van der Waals surface area contributed by atoms with E-state index in [2.05, 4.69) is 5.32 Å². The fraction of sp³-hybridized carbons (Fsp3) is 0.417. The van der Waals surface area contributed by atoms with Crippen molar-refractivity contribution < 1.29 is 13.9 Å². The van der Waals surface area contributed by atoms with Crippen LogP contribution in [0.25, 0.3) is 0 Å². The van der Waals surface area contributed by atoms with Gasteiger partial charge in [-0.05, 0) is 12.1 Å². The zero-order valence-corrected chi connectivity index (χ0v) is 10.3. The molecule has 0 aromatic heterocycles. The van der Waals surface area contributed by atoms with Gasteiger partial charge in [0.05, 0.1) is 18.7 Å². The van der Waals surface area contributed by atoms with Crippen LogP contribution in [0.3, 0.4) is 0 Å². The summed E-state index contributed by atoms with van der Waals surface area (Å²) in [6.45, 7) is 0.791. The Morgan fingerprint density at radius 3 is 3.00 bits per heavy atom. The Balaban J connectivity index is 2.18. The molecule has 1 saturated heterocycles. The summed E-state index contributed by atoms with van der Waals surface area (Å²) in [5.74, 6) is 1.41. The van der Waals surface area contributed by atoms with Crippen molar-refractivity contribution in [1.29, 1.82) is 0 Å². The van der Waals surface area contributed by atoms with Crippen molar-refractivity contribution in [3.8, 4) is 5.75 Å². The summed E-state index contributed by atoms with van der Waals surface area (Å²) in [5.41, 5.74) is 0.130. The second kappa shape index (κ2) is 5.51. The fourth-order valence-electron chi connectivity index (χ4n) is 1.74. The molecule has 0 amide bonds. The van der Waals surface area contributed by atoms with Gasteiger partial charge in [0.2, 0.25) is 0 Å². The molecule has 1 aromatic rings. The van der Waals surface area contributed by atoms with E-state index < -0.39 is 5.82 Å². The van der Waals surface area contributed by atoms with E-state index in [0.717, 1.165) is 12.3 Å². The van der Waals surface area contributed by atoms with Crippen molar-refractivity contribution in [3.05, 3.63) is 29.6 Å². The normalized spacial score (nSPS) is 20.0. The van der Waals surface area contributed by atoms with E-state index in [1.54, 1.807) is 17.8 Å². The maximum absolute atomic E-state index is 13.7. The Labute approximate surface area is 104 Å². The smallest absolute Gasteiger partial charge is 0.183 e. The zero-order chi connectivity index (χ0) is 12.3. The average molecular weight is 255 g/mol. The second-order valence-electron chi connectivity index (χ2n) is 3.79. The third kappa shape index (κ3) is 2.79. The number of halogens is 1. The van der Waals surface area contributed by atoms with E-state index in [9.17, 15) is 9.18 Å². The lowest BCUT2D eigenvalue weighted by atomic mass is 10.0. The first-order valence-electron chi connectivity index (χ1n) is 5.41.